The molecular weight excluding hydrogens is 280 g/mol. The quantitative estimate of drug-likeness (QED) is 0.666. The van der Waals surface area contributed by atoms with Crippen molar-refractivity contribution < 1.29 is 9.59 Å². The van der Waals surface area contributed by atoms with E-state index < -0.39 is 12.1 Å². The van der Waals surface area contributed by atoms with E-state index >= 15 is 0 Å². The smallest absolute Gasteiger partial charge is 0.316 e. The summed E-state index contributed by atoms with van der Waals surface area (Å²) in [7, 11) is 0. The number of anilines is 2. The number of nitrogens with two attached hydrogens (primary N) is 2. The van der Waals surface area contributed by atoms with Gasteiger partial charge in [0.05, 0.1) is 6.04 Å². The van der Waals surface area contributed by atoms with Gasteiger partial charge in [-0.1, -0.05) is 20.3 Å². The molecule has 0 aliphatic carbocycles. The average molecular weight is 301 g/mol. The Hall–Kier alpha value is -1.79. The molecular formula is C13H21ClN4O2. The molecule has 7 heteroatoms. The Labute approximate surface area is 124 Å². The molecule has 1 rings (SSSR count). The molecule has 0 heterocycles. The van der Waals surface area contributed by atoms with Gasteiger partial charge in [0.15, 0.2) is 0 Å². The number of carbonyl (C=O) groups excluding carboxylic acids is 2. The van der Waals surface area contributed by atoms with E-state index in [1.807, 2.05) is 13.8 Å². The van der Waals surface area contributed by atoms with Crippen molar-refractivity contribution in [1.82, 2.24) is 0 Å². The number of carbonyl (C=O) groups is 2. The topological polar surface area (TPSA) is 110 Å². The molecule has 6 N–H and O–H groups in total. The normalized spacial score (nSPS) is 12.8. The van der Waals surface area contributed by atoms with Gasteiger partial charge in [-0.2, -0.15) is 0 Å². The van der Waals surface area contributed by atoms with Gasteiger partial charge in [-0.05, 0) is 30.2 Å². The largest absolute Gasteiger partial charge is 0.351 e. The average Bonchev–Trinajstić information content (AvgIpc) is 2.38. The van der Waals surface area contributed by atoms with E-state index in [9.17, 15) is 9.59 Å². The minimum absolute atomic E-state index is 0. The lowest BCUT2D eigenvalue weighted by Gasteiger charge is -2.17. The summed E-state index contributed by atoms with van der Waals surface area (Å²) in [5, 5.41) is 5.17. The first kappa shape index (κ1) is 18.2. The van der Waals surface area contributed by atoms with Crippen molar-refractivity contribution in [2.45, 2.75) is 26.3 Å². The molecule has 0 aliphatic heterocycles. The van der Waals surface area contributed by atoms with Crippen molar-refractivity contribution in [3.8, 4) is 0 Å². The number of nitrogens with one attached hydrogen (secondary N) is 2. The number of hydrogen-bond donors (Lipinski definition) is 4. The standard InChI is InChI=1S/C13H20N4O2.ClH/c1-3-8(2)11(14)12(18)16-9-4-6-10(7-5-9)17-13(15)19;/h4-8,11H,3,14H2,1-2H3,(H,16,18)(H3,15,17,19);1H. The van der Waals surface area contributed by atoms with E-state index in [1.54, 1.807) is 24.3 Å². The van der Waals surface area contributed by atoms with Gasteiger partial charge in [0.25, 0.3) is 0 Å². The fourth-order valence-corrected chi connectivity index (χ4v) is 1.52. The predicted molar refractivity (Wildman–Crippen MR) is 83.0 cm³/mol. The molecule has 0 aromatic heterocycles. The minimum atomic E-state index is -0.629. The van der Waals surface area contributed by atoms with Crippen molar-refractivity contribution in [3.63, 3.8) is 0 Å². The first-order valence-electron chi connectivity index (χ1n) is 6.17. The summed E-state index contributed by atoms with van der Waals surface area (Å²) < 4.78 is 0. The molecule has 1 aromatic carbocycles. The Morgan fingerprint density at radius 3 is 2.00 bits per heavy atom. The van der Waals surface area contributed by atoms with E-state index in [4.69, 9.17) is 11.5 Å². The molecule has 0 radical (unpaired) electrons. The van der Waals surface area contributed by atoms with Crippen LogP contribution in [0, 0.1) is 5.92 Å². The number of rotatable bonds is 5. The lowest BCUT2D eigenvalue weighted by molar-refractivity contribution is -0.118. The molecule has 0 spiro atoms. The van der Waals surface area contributed by atoms with Crippen LogP contribution in [0.25, 0.3) is 0 Å². The van der Waals surface area contributed by atoms with Gasteiger partial charge < -0.3 is 22.1 Å². The fraction of sp³-hybridized carbons (Fsp3) is 0.385. The second-order valence-electron chi connectivity index (χ2n) is 4.47. The van der Waals surface area contributed by atoms with Gasteiger partial charge in [0.1, 0.15) is 0 Å². The molecule has 0 bridgehead atoms. The number of amides is 3. The van der Waals surface area contributed by atoms with Crippen molar-refractivity contribution >= 4 is 35.7 Å². The van der Waals surface area contributed by atoms with Crippen molar-refractivity contribution in [1.29, 1.82) is 0 Å². The Kier molecular flexibility index (Phi) is 7.64. The number of benzene rings is 1. The third kappa shape index (κ3) is 5.46. The zero-order valence-electron chi connectivity index (χ0n) is 11.6. The highest BCUT2D eigenvalue weighted by Crippen LogP contribution is 2.14. The maximum atomic E-state index is 11.8. The SMILES string of the molecule is CCC(C)C(N)C(=O)Nc1ccc(NC(N)=O)cc1.Cl. The Morgan fingerprint density at radius 2 is 1.60 bits per heavy atom. The van der Waals surface area contributed by atoms with E-state index in [2.05, 4.69) is 10.6 Å². The van der Waals surface area contributed by atoms with Gasteiger partial charge in [0.2, 0.25) is 5.91 Å². The first-order valence-corrected chi connectivity index (χ1v) is 6.17. The Morgan fingerprint density at radius 1 is 1.15 bits per heavy atom. The minimum Gasteiger partial charge on any atom is -0.351 e. The molecule has 112 valence electrons. The van der Waals surface area contributed by atoms with Gasteiger partial charge in [-0.3, -0.25) is 4.79 Å². The second kappa shape index (κ2) is 8.39. The highest BCUT2D eigenvalue weighted by atomic mass is 35.5. The van der Waals surface area contributed by atoms with E-state index in [-0.39, 0.29) is 24.2 Å². The summed E-state index contributed by atoms with van der Waals surface area (Å²) in [6, 6.07) is 5.48. The van der Waals surface area contributed by atoms with Gasteiger partial charge in [0, 0.05) is 11.4 Å². The maximum absolute atomic E-state index is 11.8. The van der Waals surface area contributed by atoms with Gasteiger partial charge in [-0.25, -0.2) is 4.79 Å². The molecule has 2 atom stereocenters. The summed E-state index contributed by atoms with van der Waals surface area (Å²) in [4.78, 5) is 22.5. The lowest BCUT2D eigenvalue weighted by Crippen LogP contribution is -2.40. The van der Waals surface area contributed by atoms with Crippen molar-refractivity contribution in [3.05, 3.63) is 24.3 Å². The number of primary amides is 1. The summed E-state index contributed by atoms with van der Waals surface area (Å²) in [6.07, 6.45) is 0.843. The van der Waals surface area contributed by atoms with Crippen LogP contribution in [0.1, 0.15) is 20.3 Å². The summed E-state index contributed by atoms with van der Waals surface area (Å²) in [6.45, 7) is 3.92. The van der Waals surface area contributed by atoms with Crippen LogP contribution in [0.4, 0.5) is 16.2 Å². The van der Waals surface area contributed by atoms with Gasteiger partial charge >= 0.3 is 6.03 Å². The van der Waals surface area contributed by atoms with Gasteiger partial charge in [-0.15, -0.1) is 12.4 Å². The van der Waals surface area contributed by atoms with Crippen LogP contribution in [0.15, 0.2) is 24.3 Å². The zero-order valence-corrected chi connectivity index (χ0v) is 12.4. The molecule has 0 saturated heterocycles. The first-order chi connectivity index (χ1) is 8.93. The third-order valence-electron chi connectivity index (χ3n) is 2.98. The molecule has 1 aromatic rings. The van der Waals surface area contributed by atoms with Crippen molar-refractivity contribution in [2.75, 3.05) is 10.6 Å². The monoisotopic (exact) mass is 300 g/mol. The number of hydrogen-bond acceptors (Lipinski definition) is 3. The fourth-order valence-electron chi connectivity index (χ4n) is 1.52. The Balaban J connectivity index is 0.00000361. The lowest BCUT2D eigenvalue weighted by atomic mass is 9.99. The predicted octanol–water partition coefficient (Wildman–Crippen LogP) is 1.91. The molecule has 0 aliphatic rings. The molecule has 0 saturated carbocycles. The maximum Gasteiger partial charge on any atom is 0.316 e. The molecule has 6 nitrogen and oxygen atoms in total. The summed E-state index contributed by atoms with van der Waals surface area (Å²) in [5.41, 5.74) is 12.0. The molecule has 3 amide bonds. The van der Waals surface area contributed by atoms with Crippen LogP contribution >= 0.6 is 12.4 Å². The van der Waals surface area contributed by atoms with Crippen molar-refractivity contribution in [2.24, 2.45) is 17.4 Å². The second-order valence-corrected chi connectivity index (χ2v) is 4.47. The highest BCUT2D eigenvalue weighted by molar-refractivity contribution is 5.95. The van der Waals surface area contributed by atoms with Crippen LogP contribution < -0.4 is 22.1 Å². The van der Waals surface area contributed by atoms with E-state index in [0.717, 1.165) is 6.42 Å². The summed E-state index contributed by atoms with van der Waals surface area (Å²) in [5.74, 6) is -0.0965. The summed E-state index contributed by atoms with van der Waals surface area (Å²) >= 11 is 0. The number of urea groups is 1. The van der Waals surface area contributed by atoms with E-state index in [1.165, 1.54) is 0 Å². The van der Waals surface area contributed by atoms with Crippen LogP contribution in [0.5, 0.6) is 0 Å². The molecule has 2 unspecified atom stereocenters. The highest BCUT2D eigenvalue weighted by Gasteiger charge is 2.19. The van der Waals surface area contributed by atoms with Crippen LogP contribution in [0.3, 0.4) is 0 Å². The zero-order chi connectivity index (χ0) is 14.4. The third-order valence-corrected chi connectivity index (χ3v) is 2.98. The Bertz CT molecular complexity index is 450. The van der Waals surface area contributed by atoms with Crippen LogP contribution in [0.2, 0.25) is 0 Å². The number of halogens is 1. The van der Waals surface area contributed by atoms with E-state index in [0.29, 0.717) is 11.4 Å². The van der Waals surface area contributed by atoms with Crippen LogP contribution in [-0.2, 0) is 4.79 Å². The molecule has 20 heavy (non-hydrogen) atoms. The van der Waals surface area contributed by atoms with Crippen LogP contribution in [-0.4, -0.2) is 18.0 Å². The molecule has 0 fully saturated rings.